The Bertz CT molecular complexity index is 1010. The summed E-state index contributed by atoms with van der Waals surface area (Å²) >= 11 is 0. The van der Waals surface area contributed by atoms with Crippen LogP contribution in [0.25, 0.3) is 0 Å². The van der Waals surface area contributed by atoms with Crippen LogP contribution >= 0.6 is 0 Å². The molecule has 2 N–H and O–H groups in total. The maximum absolute atomic E-state index is 13.0. The minimum absolute atomic E-state index is 0.0532. The van der Waals surface area contributed by atoms with Crippen LogP contribution in [0.3, 0.4) is 0 Å². The molecule has 30 heavy (non-hydrogen) atoms. The molecule has 8 heteroatoms. The molecule has 2 aromatic carbocycles. The standard InChI is InChI=1S/C22H22N4O4/c1-14-10-20(30-18-6-7-19(24)15(11-18)12-23)22(28)26(14)17-4-2-16(3-5-17)25-8-9-29-13-21(25)27/h2-7,11,14,20H,8-10,13,24H2,1H3. The first-order chi connectivity index (χ1) is 14.5. The fourth-order valence-electron chi connectivity index (χ4n) is 3.82. The molecule has 0 aliphatic carbocycles. The highest BCUT2D eigenvalue weighted by Crippen LogP contribution is 2.31. The number of carbonyl (C=O) groups excluding carboxylic acids is 2. The minimum atomic E-state index is -0.643. The molecule has 2 aliphatic heterocycles. The van der Waals surface area contributed by atoms with Crippen molar-refractivity contribution < 1.29 is 19.1 Å². The Labute approximate surface area is 174 Å². The van der Waals surface area contributed by atoms with Crippen molar-refractivity contribution in [2.75, 3.05) is 35.3 Å². The summed E-state index contributed by atoms with van der Waals surface area (Å²) in [6.07, 6.45) is -0.120. The van der Waals surface area contributed by atoms with Crippen LogP contribution < -0.4 is 20.3 Å². The number of benzene rings is 2. The summed E-state index contributed by atoms with van der Waals surface area (Å²) in [6.45, 7) is 3.07. The molecule has 2 saturated heterocycles. The number of ether oxygens (including phenoxy) is 2. The molecule has 2 atom stereocenters. The highest BCUT2D eigenvalue weighted by molar-refractivity contribution is 6.00. The average molecular weight is 406 g/mol. The summed E-state index contributed by atoms with van der Waals surface area (Å²) in [5, 5.41) is 9.13. The van der Waals surface area contributed by atoms with Gasteiger partial charge in [-0.25, -0.2) is 0 Å². The third-order valence-electron chi connectivity index (χ3n) is 5.36. The van der Waals surface area contributed by atoms with Crippen LogP contribution in [0, 0.1) is 11.3 Å². The van der Waals surface area contributed by atoms with E-state index in [0.717, 1.165) is 11.4 Å². The number of carbonyl (C=O) groups is 2. The summed E-state index contributed by atoms with van der Waals surface area (Å²) in [5.74, 6) is 0.218. The van der Waals surface area contributed by atoms with Gasteiger partial charge < -0.3 is 25.0 Å². The fraction of sp³-hybridized carbons (Fsp3) is 0.318. The van der Waals surface area contributed by atoms with Gasteiger partial charge >= 0.3 is 0 Å². The van der Waals surface area contributed by atoms with Gasteiger partial charge in [0.1, 0.15) is 18.4 Å². The predicted molar refractivity (Wildman–Crippen MR) is 111 cm³/mol. The molecule has 154 valence electrons. The lowest BCUT2D eigenvalue weighted by atomic mass is 10.2. The number of rotatable bonds is 4. The molecule has 0 bridgehead atoms. The average Bonchev–Trinajstić information content (AvgIpc) is 3.03. The Kier molecular flexibility index (Phi) is 5.29. The summed E-state index contributed by atoms with van der Waals surface area (Å²) in [7, 11) is 0. The van der Waals surface area contributed by atoms with Gasteiger partial charge in [0.05, 0.1) is 12.2 Å². The van der Waals surface area contributed by atoms with Crippen LogP contribution in [0.2, 0.25) is 0 Å². The quantitative estimate of drug-likeness (QED) is 0.779. The lowest BCUT2D eigenvalue weighted by Gasteiger charge is -2.28. The van der Waals surface area contributed by atoms with Gasteiger partial charge in [-0.3, -0.25) is 9.59 Å². The van der Waals surface area contributed by atoms with Crippen LogP contribution in [0.1, 0.15) is 18.9 Å². The zero-order valence-corrected chi connectivity index (χ0v) is 16.6. The van der Waals surface area contributed by atoms with Gasteiger partial charge in [-0.2, -0.15) is 5.26 Å². The zero-order valence-electron chi connectivity index (χ0n) is 16.6. The summed E-state index contributed by atoms with van der Waals surface area (Å²) in [6, 6.07) is 14.1. The summed E-state index contributed by atoms with van der Waals surface area (Å²) in [5.41, 5.74) is 7.96. The molecule has 2 heterocycles. The van der Waals surface area contributed by atoms with E-state index in [1.165, 1.54) is 0 Å². The van der Waals surface area contributed by atoms with E-state index in [-0.39, 0.29) is 24.5 Å². The van der Waals surface area contributed by atoms with E-state index in [2.05, 4.69) is 0 Å². The van der Waals surface area contributed by atoms with Crippen molar-refractivity contribution in [2.45, 2.75) is 25.5 Å². The number of hydrogen-bond acceptors (Lipinski definition) is 6. The highest BCUT2D eigenvalue weighted by Gasteiger charge is 2.39. The second-order valence-corrected chi connectivity index (χ2v) is 7.37. The maximum atomic E-state index is 13.0. The van der Waals surface area contributed by atoms with Crippen LogP contribution in [-0.4, -0.2) is 43.7 Å². The second kappa shape index (κ2) is 8.05. The van der Waals surface area contributed by atoms with Crippen LogP contribution in [0.4, 0.5) is 17.1 Å². The number of nitriles is 1. The minimum Gasteiger partial charge on any atom is -0.480 e. The Morgan fingerprint density at radius 2 is 1.90 bits per heavy atom. The summed E-state index contributed by atoms with van der Waals surface area (Å²) < 4.78 is 11.0. The van der Waals surface area contributed by atoms with Gasteiger partial charge in [-0.15, -0.1) is 0 Å². The van der Waals surface area contributed by atoms with Gasteiger partial charge in [0.2, 0.25) is 0 Å². The third-order valence-corrected chi connectivity index (χ3v) is 5.36. The Morgan fingerprint density at radius 3 is 2.60 bits per heavy atom. The molecule has 2 amide bonds. The first kappa shape index (κ1) is 19.7. The number of hydrogen-bond donors (Lipinski definition) is 1. The second-order valence-electron chi connectivity index (χ2n) is 7.37. The molecule has 8 nitrogen and oxygen atoms in total. The maximum Gasteiger partial charge on any atom is 0.268 e. The smallest absolute Gasteiger partial charge is 0.268 e. The summed E-state index contributed by atoms with van der Waals surface area (Å²) in [4.78, 5) is 28.4. The van der Waals surface area contributed by atoms with Crippen molar-refractivity contribution in [3.8, 4) is 11.8 Å². The van der Waals surface area contributed by atoms with E-state index < -0.39 is 6.10 Å². The van der Waals surface area contributed by atoms with E-state index in [1.54, 1.807) is 28.0 Å². The number of anilines is 3. The molecule has 2 unspecified atom stereocenters. The van der Waals surface area contributed by atoms with E-state index in [0.29, 0.717) is 36.6 Å². The van der Waals surface area contributed by atoms with Crippen molar-refractivity contribution in [3.05, 3.63) is 48.0 Å². The third kappa shape index (κ3) is 3.67. The number of amides is 2. The van der Waals surface area contributed by atoms with Crippen molar-refractivity contribution in [1.82, 2.24) is 0 Å². The molecule has 2 fully saturated rings. The van der Waals surface area contributed by atoms with E-state index in [9.17, 15) is 9.59 Å². The number of morpholine rings is 1. The molecular weight excluding hydrogens is 384 g/mol. The van der Waals surface area contributed by atoms with Gasteiger partial charge in [0.15, 0.2) is 6.10 Å². The Morgan fingerprint density at radius 1 is 1.17 bits per heavy atom. The van der Waals surface area contributed by atoms with Crippen molar-refractivity contribution in [3.63, 3.8) is 0 Å². The van der Waals surface area contributed by atoms with Gasteiger partial charge in [-0.05, 0) is 43.3 Å². The number of nitrogen functional groups attached to an aromatic ring is 1. The molecule has 0 aromatic heterocycles. The molecule has 0 radical (unpaired) electrons. The first-order valence-electron chi connectivity index (χ1n) is 9.75. The molecule has 0 saturated carbocycles. The number of nitrogens with two attached hydrogens (primary N) is 1. The topological polar surface area (TPSA) is 109 Å². The Hall–Kier alpha value is -3.57. The lowest BCUT2D eigenvalue weighted by Crippen LogP contribution is -2.41. The molecule has 2 aromatic rings. The van der Waals surface area contributed by atoms with Crippen LogP contribution in [0.15, 0.2) is 42.5 Å². The monoisotopic (exact) mass is 406 g/mol. The van der Waals surface area contributed by atoms with E-state index >= 15 is 0 Å². The predicted octanol–water partition coefficient (Wildman–Crippen LogP) is 2.08. The van der Waals surface area contributed by atoms with Gasteiger partial charge in [0.25, 0.3) is 11.8 Å². The Balaban J connectivity index is 1.49. The van der Waals surface area contributed by atoms with Crippen molar-refractivity contribution in [1.29, 1.82) is 5.26 Å². The molecule has 4 rings (SSSR count). The first-order valence-corrected chi connectivity index (χ1v) is 9.75. The fourth-order valence-corrected chi connectivity index (χ4v) is 3.82. The van der Waals surface area contributed by atoms with Crippen molar-refractivity contribution in [2.24, 2.45) is 0 Å². The van der Waals surface area contributed by atoms with Gasteiger partial charge in [0, 0.05) is 42.1 Å². The highest BCUT2D eigenvalue weighted by atomic mass is 16.5. The van der Waals surface area contributed by atoms with Crippen molar-refractivity contribution >= 4 is 28.9 Å². The molecule has 2 aliphatic rings. The molecule has 0 spiro atoms. The van der Waals surface area contributed by atoms with E-state index in [1.807, 2.05) is 37.3 Å². The lowest BCUT2D eigenvalue weighted by molar-refractivity contribution is -0.125. The SMILES string of the molecule is CC1CC(Oc2ccc(N)c(C#N)c2)C(=O)N1c1ccc(N2CCOCC2=O)cc1. The van der Waals surface area contributed by atoms with Gasteiger partial charge in [-0.1, -0.05) is 0 Å². The largest absolute Gasteiger partial charge is 0.480 e. The van der Waals surface area contributed by atoms with Crippen LogP contribution in [-0.2, 0) is 14.3 Å². The van der Waals surface area contributed by atoms with E-state index in [4.69, 9.17) is 20.5 Å². The zero-order chi connectivity index (χ0) is 21.3. The molecular formula is C22H22N4O4. The number of nitrogens with zero attached hydrogens (tertiary/aromatic N) is 3. The normalized spacial score (nSPS) is 21.6. The van der Waals surface area contributed by atoms with Crippen LogP contribution in [0.5, 0.6) is 5.75 Å².